The van der Waals surface area contributed by atoms with Crippen LogP contribution in [-0.4, -0.2) is 23.0 Å². The molecular weight excluding hydrogens is 220 g/mol. The highest BCUT2D eigenvalue weighted by atomic mass is 35.5. The van der Waals surface area contributed by atoms with E-state index in [0.717, 1.165) is 24.5 Å². The number of hydrogen-bond acceptors (Lipinski definition) is 2. The van der Waals surface area contributed by atoms with Crippen molar-refractivity contribution >= 4 is 11.6 Å². The normalized spacial score (nSPS) is 24.9. The molecule has 0 saturated carbocycles. The molecule has 3 heteroatoms. The molecule has 1 aliphatic rings. The van der Waals surface area contributed by atoms with Gasteiger partial charge in [-0.3, -0.25) is 4.90 Å². The molecule has 2 N–H and O–H groups in total. The summed E-state index contributed by atoms with van der Waals surface area (Å²) in [4.78, 5) is 2.43. The van der Waals surface area contributed by atoms with Crippen molar-refractivity contribution in [1.82, 2.24) is 4.90 Å². The van der Waals surface area contributed by atoms with Crippen LogP contribution in [0.3, 0.4) is 0 Å². The van der Waals surface area contributed by atoms with E-state index in [1.807, 2.05) is 18.2 Å². The van der Waals surface area contributed by atoms with Gasteiger partial charge in [0.15, 0.2) is 0 Å². The first-order chi connectivity index (χ1) is 7.47. The highest BCUT2D eigenvalue weighted by Crippen LogP contribution is 2.29. The Bertz CT molecular complexity index is 376. The number of benzene rings is 1. The fourth-order valence-electron chi connectivity index (χ4n) is 2.50. The van der Waals surface area contributed by atoms with Crippen LogP contribution in [0.5, 0.6) is 0 Å². The molecular formula is C13H19ClN2. The maximum atomic E-state index is 6.02. The summed E-state index contributed by atoms with van der Waals surface area (Å²) < 4.78 is 0. The van der Waals surface area contributed by atoms with Crippen LogP contribution in [0.4, 0.5) is 0 Å². The minimum absolute atomic E-state index is 0.196. The fourth-order valence-corrected chi connectivity index (χ4v) is 2.71. The van der Waals surface area contributed by atoms with Gasteiger partial charge in [-0.15, -0.1) is 0 Å². The first kappa shape index (κ1) is 11.9. The molecule has 1 saturated heterocycles. The van der Waals surface area contributed by atoms with E-state index in [4.69, 9.17) is 17.3 Å². The second-order valence-corrected chi connectivity index (χ2v) is 5.72. The molecule has 1 aliphatic heterocycles. The van der Waals surface area contributed by atoms with Crippen molar-refractivity contribution in [3.63, 3.8) is 0 Å². The van der Waals surface area contributed by atoms with Crippen LogP contribution in [0.25, 0.3) is 0 Å². The van der Waals surface area contributed by atoms with E-state index in [9.17, 15) is 0 Å². The largest absolute Gasteiger partial charge is 0.326 e. The van der Waals surface area contributed by atoms with Crippen LogP contribution in [0.15, 0.2) is 24.3 Å². The molecule has 2 rings (SSSR count). The molecule has 0 spiro atoms. The summed E-state index contributed by atoms with van der Waals surface area (Å²) in [6, 6.07) is 8.36. The molecule has 0 radical (unpaired) electrons. The van der Waals surface area contributed by atoms with Crippen molar-refractivity contribution in [1.29, 1.82) is 0 Å². The molecule has 16 heavy (non-hydrogen) atoms. The fraction of sp³-hybridized carbons (Fsp3) is 0.538. The van der Waals surface area contributed by atoms with E-state index in [2.05, 4.69) is 24.8 Å². The standard InChI is InChI=1S/C13H19ClN2/c1-13(2)7-12(15)9-16(13)8-10-4-3-5-11(14)6-10/h3-6,12H,7-9,15H2,1-2H3. The van der Waals surface area contributed by atoms with Gasteiger partial charge < -0.3 is 5.73 Å². The van der Waals surface area contributed by atoms with Crippen LogP contribution in [0.2, 0.25) is 5.02 Å². The lowest BCUT2D eigenvalue weighted by Crippen LogP contribution is -2.37. The third kappa shape index (κ3) is 2.57. The predicted molar refractivity (Wildman–Crippen MR) is 68.5 cm³/mol. The Morgan fingerprint density at radius 1 is 1.50 bits per heavy atom. The molecule has 1 unspecified atom stereocenters. The average Bonchev–Trinajstić information content (AvgIpc) is 2.39. The minimum Gasteiger partial charge on any atom is -0.326 e. The number of hydrogen-bond donors (Lipinski definition) is 1. The number of nitrogens with two attached hydrogens (primary N) is 1. The molecule has 1 atom stereocenters. The van der Waals surface area contributed by atoms with Gasteiger partial charge in [-0.2, -0.15) is 0 Å². The Morgan fingerprint density at radius 3 is 2.81 bits per heavy atom. The number of halogens is 1. The lowest BCUT2D eigenvalue weighted by molar-refractivity contribution is 0.166. The Morgan fingerprint density at radius 2 is 2.25 bits per heavy atom. The predicted octanol–water partition coefficient (Wildman–Crippen LogP) is 2.65. The summed E-state index contributed by atoms with van der Waals surface area (Å²) in [6.07, 6.45) is 1.06. The first-order valence-corrected chi connectivity index (χ1v) is 6.10. The highest BCUT2D eigenvalue weighted by molar-refractivity contribution is 6.30. The lowest BCUT2D eigenvalue weighted by Gasteiger charge is -2.31. The van der Waals surface area contributed by atoms with Crippen LogP contribution in [-0.2, 0) is 6.54 Å². The van der Waals surface area contributed by atoms with Crippen LogP contribution >= 0.6 is 11.6 Å². The second-order valence-electron chi connectivity index (χ2n) is 5.29. The van der Waals surface area contributed by atoms with Crippen molar-refractivity contribution < 1.29 is 0 Å². The molecule has 0 aromatic heterocycles. The molecule has 0 amide bonds. The summed E-state index contributed by atoms with van der Waals surface area (Å²) in [5.41, 5.74) is 7.47. The molecule has 1 aromatic carbocycles. The van der Waals surface area contributed by atoms with E-state index in [1.54, 1.807) is 0 Å². The van der Waals surface area contributed by atoms with E-state index in [-0.39, 0.29) is 5.54 Å². The minimum atomic E-state index is 0.196. The third-order valence-electron chi connectivity index (χ3n) is 3.34. The number of likely N-dealkylation sites (tertiary alicyclic amines) is 1. The zero-order valence-corrected chi connectivity index (χ0v) is 10.7. The average molecular weight is 239 g/mol. The lowest BCUT2D eigenvalue weighted by atomic mass is 10.0. The van der Waals surface area contributed by atoms with E-state index in [0.29, 0.717) is 6.04 Å². The molecule has 88 valence electrons. The first-order valence-electron chi connectivity index (χ1n) is 5.72. The van der Waals surface area contributed by atoms with E-state index < -0.39 is 0 Å². The Labute approximate surface area is 102 Å². The molecule has 0 bridgehead atoms. The van der Waals surface area contributed by atoms with Gasteiger partial charge in [0.05, 0.1) is 0 Å². The van der Waals surface area contributed by atoms with Gasteiger partial charge in [-0.1, -0.05) is 23.7 Å². The number of nitrogens with zero attached hydrogens (tertiary/aromatic N) is 1. The van der Waals surface area contributed by atoms with Crippen LogP contribution < -0.4 is 5.73 Å². The molecule has 1 aromatic rings. The highest BCUT2D eigenvalue weighted by Gasteiger charge is 2.36. The van der Waals surface area contributed by atoms with Crippen LogP contribution in [0.1, 0.15) is 25.8 Å². The molecule has 0 aliphatic carbocycles. The Balaban J connectivity index is 2.10. The maximum absolute atomic E-state index is 6.02. The second kappa shape index (κ2) is 4.36. The topological polar surface area (TPSA) is 29.3 Å². The quantitative estimate of drug-likeness (QED) is 0.859. The number of rotatable bonds is 2. The van der Waals surface area contributed by atoms with Crippen molar-refractivity contribution in [2.45, 2.75) is 38.4 Å². The summed E-state index contributed by atoms with van der Waals surface area (Å²) in [6.45, 7) is 6.41. The van der Waals surface area contributed by atoms with E-state index in [1.165, 1.54) is 5.56 Å². The summed E-state index contributed by atoms with van der Waals surface area (Å²) in [5.74, 6) is 0. The van der Waals surface area contributed by atoms with Gasteiger partial charge in [0.25, 0.3) is 0 Å². The maximum Gasteiger partial charge on any atom is 0.0409 e. The van der Waals surface area contributed by atoms with Gasteiger partial charge in [0, 0.05) is 29.7 Å². The van der Waals surface area contributed by atoms with Gasteiger partial charge in [0.1, 0.15) is 0 Å². The monoisotopic (exact) mass is 238 g/mol. The third-order valence-corrected chi connectivity index (χ3v) is 3.57. The van der Waals surface area contributed by atoms with Gasteiger partial charge >= 0.3 is 0 Å². The molecule has 1 fully saturated rings. The van der Waals surface area contributed by atoms with Crippen molar-refractivity contribution in [2.24, 2.45) is 5.73 Å². The van der Waals surface area contributed by atoms with Crippen molar-refractivity contribution in [3.05, 3.63) is 34.9 Å². The summed E-state index contributed by atoms with van der Waals surface area (Å²) in [7, 11) is 0. The van der Waals surface area contributed by atoms with Crippen molar-refractivity contribution in [2.75, 3.05) is 6.54 Å². The van der Waals surface area contributed by atoms with Crippen LogP contribution in [0, 0.1) is 0 Å². The summed E-state index contributed by atoms with van der Waals surface area (Å²) >= 11 is 5.99. The Kier molecular flexibility index (Phi) is 3.24. The molecule has 2 nitrogen and oxygen atoms in total. The summed E-state index contributed by atoms with van der Waals surface area (Å²) in [5, 5.41) is 0.804. The zero-order valence-electron chi connectivity index (χ0n) is 9.91. The Hall–Kier alpha value is -0.570. The van der Waals surface area contributed by atoms with Gasteiger partial charge in [-0.05, 0) is 38.0 Å². The van der Waals surface area contributed by atoms with Gasteiger partial charge in [0.2, 0.25) is 0 Å². The van der Waals surface area contributed by atoms with Crippen molar-refractivity contribution in [3.8, 4) is 0 Å². The van der Waals surface area contributed by atoms with E-state index >= 15 is 0 Å². The molecule has 1 heterocycles. The zero-order chi connectivity index (χ0) is 11.8. The smallest absolute Gasteiger partial charge is 0.0409 e. The SMILES string of the molecule is CC1(C)CC(N)CN1Cc1cccc(Cl)c1. The van der Waals surface area contributed by atoms with Gasteiger partial charge in [-0.25, -0.2) is 0 Å².